The highest BCUT2D eigenvalue weighted by Crippen LogP contribution is 2.35. The van der Waals surface area contributed by atoms with Gasteiger partial charge in [0.05, 0.1) is 11.6 Å². The third-order valence-corrected chi connectivity index (χ3v) is 6.01. The molecule has 3 aromatic heterocycles. The molecule has 1 saturated carbocycles. The fourth-order valence-electron chi connectivity index (χ4n) is 3.64. The van der Waals surface area contributed by atoms with Gasteiger partial charge in [-0.1, -0.05) is 37.5 Å². The number of pyridine rings is 1. The molecule has 28 heavy (non-hydrogen) atoms. The van der Waals surface area contributed by atoms with Crippen molar-refractivity contribution in [3.63, 3.8) is 0 Å². The molecule has 3 heterocycles. The zero-order valence-electron chi connectivity index (χ0n) is 15.3. The zero-order valence-corrected chi connectivity index (χ0v) is 16.1. The summed E-state index contributed by atoms with van der Waals surface area (Å²) in [4.78, 5) is 13.8. The smallest absolute Gasteiger partial charge is 0.215 e. The molecule has 0 aliphatic heterocycles. The van der Waals surface area contributed by atoms with Crippen LogP contribution >= 0.6 is 11.8 Å². The van der Waals surface area contributed by atoms with E-state index in [1.807, 2.05) is 41.1 Å². The molecule has 0 radical (unpaired) electrons. The van der Waals surface area contributed by atoms with Gasteiger partial charge >= 0.3 is 0 Å². The molecule has 1 aromatic carbocycles. The van der Waals surface area contributed by atoms with Crippen molar-refractivity contribution in [1.82, 2.24) is 35.2 Å². The van der Waals surface area contributed by atoms with Gasteiger partial charge in [-0.2, -0.15) is 0 Å². The summed E-state index contributed by atoms with van der Waals surface area (Å²) in [5.74, 6) is 0.658. The number of nitrogens with zero attached hydrogens (tertiary/aromatic N) is 7. The predicted molar refractivity (Wildman–Crippen MR) is 107 cm³/mol. The number of para-hydroxylation sites is 1. The number of aromatic nitrogens is 7. The Morgan fingerprint density at radius 3 is 2.71 bits per heavy atom. The van der Waals surface area contributed by atoms with E-state index in [-0.39, 0.29) is 0 Å². The fourth-order valence-corrected chi connectivity index (χ4v) is 4.59. The lowest BCUT2D eigenvalue weighted by Gasteiger charge is -2.22. The predicted octanol–water partition coefficient (Wildman–Crippen LogP) is 4.33. The Balaban J connectivity index is 1.57. The van der Waals surface area contributed by atoms with Crippen LogP contribution in [0.2, 0.25) is 0 Å². The summed E-state index contributed by atoms with van der Waals surface area (Å²) >= 11 is 1.51. The van der Waals surface area contributed by atoms with Crippen molar-refractivity contribution in [3.05, 3.63) is 48.8 Å². The topological polar surface area (TPSA) is 82.3 Å². The monoisotopic (exact) mass is 389 g/mol. The van der Waals surface area contributed by atoms with Crippen LogP contribution in [0.1, 0.15) is 38.1 Å². The molecule has 0 unspecified atom stereocenters. The van der Waals surface area contributed by atoms with E-state index in [9.17, 15) is 0 Å². The SMILES string of the molecule is c1cncc(-c2nc(Sc3nnnn3C3CCCCC3)c3ccccc3n2)c1. The van der Waals surface area contributed by atoms with Gasteiger partial charge in [-0.15, -0.1) is 5.10 Å². The van der Waals surface area contributed by atoms with Crippen LogP contribution in [0, 0.1) is 0 Å². The molecule has 8 heteroatoms. The average molecular weight is 389 g/mol. The highest BCUT2D eigenvalue weighted by atomic mass is 32.2. The summed E-state index contributed by atoms with van der Waals surface area (Å²) in [6, 6.07) is 12.3. The third kappa shape index (κ3) is 3.35. The summed E-state index contributed by atoms with van der Waals surface area (Å²) < 4.78 is 1.98. The number of hydrogen-bond acceptors (Lipinski definition) is 7. The Hall–Kier alpha value is -2.87. The van der Waals surface area contributed by atoms with E-state index in [2.05, 4.69) is 20.5 Å². The number of hydrogen-bond donors (Lipinski definition) is 0. The maximum absolute atomic E-state index is 4.84. The fraction of sp³-hybridized carbons (Fsp3) is 0.300. The zero-order chi connectivity index (χ0) is 18.8. The van der Waals surface area contributed by atoms with Gasteiger partial charge in [0.15, 0.2) is 5.82 Å². The minimum atomic E-state index is 0.372. The van der Waals surface area contributed by atoms with Crippen LogP contribution in [0.4, 0.5) is 0 Å². The Kier molecular flexibility index (Phi) is 4.70. The molecular formula is C20H19N7S. The Labute approximate surface area is 166 Å². The van der Waals surface area contributed by atoms with Gasteiger partial charge in [-0.25, -0.2) is 14.6 Å². The van der Waals surface area contributed by atoms with Crippen LogP contribution in [0.15, 0.2) is 59.0 Å². The molecule has 0 saturated heterocycles. The normalized spacial score (nSPS) is 15.1. The lowest BCUT2D eigenvalue weighted by atomic mass is 9.96. The molecule has 1 aliphatic rings. The van der Waals surface area contributed by atoms with E-state index in [1.54, 1.807) is 12.4 Å². The molecule has 0 amide bonds. The van der Waals surface area contributed by atoms with Crippen LogP contribution in [0.25, 0.3) is 22.3 Å². The standard InChI is InChI=1S/C20H19N7S/c1-2-8-15(9-3-1)27-20(24-25-26-27)28-19-16-10-4-5-11-17(16)22-18(23-19)14-7-6-12-21-13-14/h4-7,10-13,15H,1-3,8-9H2. The number of tetrazole rings is 1. The first-order valence-electron chi connectivity index (χ1n) is 9.51. The highest BCUT2D eigenvalue weighted by molar-refractivity contribution is 7.99. The molecule has 0 spiro atoms. The Bertz CT molecular complexity index is 1090. The maximum Gasteiger partial charge on any atom is 0.215 e. The minimum Gasteiger partial charge on any atom is -0.264 e. The first-order valence-corrected chi connectivity index (χ1v) is 10.3. The van der Waals surface area contributed by atoms with Gasteiger partial charge in [0, 0.05) is 23.3 Å². The van der Waals surface area contributed by atoms with Gasteiger partial charge in [0.2, 0.25) is 5.16 Å². The van der Waals surface area contributed by atoms with Crippen molar-refractivity contribution in [2.45, 2.75) is 48.3 Å². The van der Waals surface area contributed by atoms with Crippen molar-refractivity contribution in [2.24, 2.45) is 0 Å². The van der Waals surface area contributed by atoms with Crippen molar-refractivity contribution in [1.29, 1.82) is 0 Å². The van der Waals surface area contributed by atoms with Gasteiger partial charge in [-0.3, -0.25) is 4.98 Å². The van der Waals surface area contributed by atoms with Crippen LogP contribution in [0.3, 0.4) is 0 Å². The molecule has 5 rings (SSSR count). The Morgan fingerprint density at radius 2 is 1.86 bits per heavy atom. The molecule has 1 aliphatic carbocycles. The van der Waals surface area contributed by atoms with E-state index in [4.69, 9.17) is 9.97 Å². The molecule has 4 aromatic rings. The summed E-state index contributed by atoms with van der Waals surface area (Å²) in [6.45, 7) is 0. The van der Waals surface area contributed by atoms with Crippen LogP contribution in [-0.4, -0.2) is 35.2 Å². The quantitative estimate of drug-likeness (QED) is 0.480. The molecule has 1 fully saturated rings. The van der Waals surface area contributed by atoms with Gasteiger partial charge < -0.3 is 0 Å². The second kappa shape index (κ2) is 7.63. The highest BCUT2D eigenvalue weighted by Gasteiger charge is 2.22. The lowest BCUT2D eigenvalue weighted by molar-refractivity contribution is 0.307. The van der Waals surface area contributed by atoms with Gasteiger partial charge in [0.1, 0.15) is 5.03 Å². The molecule has 7 nitrogen and oxygen atoms in total. The van der Waals surface area contributed by atoms with Crippen molar-refractivity contribution >= 4 is 22.7 Å². The van der Waals surface area contributed by atoms with Crippen molar-refractivity contribution in [3.8, 4) is 11.4 Å². The van der Waals surface area contributed by atoms with Gasteiger partial charge in [-0.05, 0) is 53.2 Å². The second-order valence-corrected chi connectivity index (χ2v) is 7.87. The lowest BCUT2D eigenvalue weighted by Crippen LogP contribution is -2.15. The molecular weight excluding hydrogens is 370 g/mol. The van der Waals surface area contributed by atoms with E-state index in [0.717, 1.165) is 39.5 Å². The second-order valence-electron chi connectivity index (χ2n) is 6.91. The summed E-state index contributed by atoms with van der Waals surface area (Å²) in [6.07, 6.45) is 9.55. The van der Waals surface area contributed by atoms with E-state index in [1.165, 1.54) is 31.0 Å². The molecule has 140 valence electrons. The number of rotatable bonds is 4. The Morgan fingerprint density at radius 1 is 0.964 bits per heavy atom. The third-order valence-electron chi connectivity index (χ3n) is 5.06. The van der Waals surface area contributed by atoms with Crippen molar-refractivity contribution in [2.75, 3.05) is 0 Å². The minimum absolute atomic E-state index is 0.372. The van der Waals surface area contributed by atoms with E-state index < -0.39 is 0 Å². The van der Waals surface area contributed by atoms with Crippen LogP contribution in [0.5, 0.6) is 0 Å². The van der Waals surface area contributed by atoms with E-state index in [0.29, 0.717) is 11.9 Å². The van der Waals surface area contributed by atoms with Crippen LogP contribution < -0.4 is 0 Å². The van der Waals surface area contributed by atoms with E-state index >= 15 is 0 Å². The summed E-state index contributed by atoms with van der Waals surface area (Å²) in [7, 11) is 0. The first-order chi connectivity index (χ1) is 13.9. The molecule has 0 atom stereocenters. The van der Waals surface area contributed by atoms with Crippen LogP contribution in [-0.2, 0) is 0 Å². The number of benzene rings is 1. The van der Waals surface area contributed by atoms with Gasteiger partial charge in [0.25, 0.3) is 0 Å². The number of fused-ring (bicyclic) bond motifs is 1. The summed E-state index contributed by atoms with van der Waals surface area (Å²) in [5, 5.41) is 15.2. The molecule has 0 N–H and O–H groups in total. The van der Waals surface area contributed by atoms with Crippen molar-refractivity contribution < 1.29 is 0 Å². The first kappa shape index (κ1) is 17.2. The summed E-state index contributed by atoms with van der Waals surface area (Å²) in [5.41, 5.74) is 1.79. The maximum atomic E-state index is 4.84. The molecule has 0 bridgehead atoms. The average Bonchev–Trinajstić information content (AvgIpc) is 3.23. The largest absolute Gasteiger partial charge is 0.264 e.